The molecule has 0 unspecified atom stereocenters. The van der Waals surface area contributed by atoms with Gasteiger partial charge in [0.25, 0.3) is 0 Å². The van der Waals surface area contributed by atoms with E-state index in [-0.39, 0.29) is 0 Å². The van der Waals surface area contributed by atoms with Crippen LogP contribution in [0.15, 0.2) is 158 Å². The average molecular weight is 635 g/mol. The van der Waals surface area contributed by atoms with Crippen LogP contribution in [0.1, 0.15) is 0 Å². The molecule has 0 N–H and O–H groups in total. The second-order valence-corrected chi connectivity index (χ2v) is 13.4. The van der Waals surface area contributed by atoms with Crippen LogP contribution in [0, 0.1) is 0 Å². The van der Waals surface area contributed by atoms with Gasteiger partial charge in [-0.25, -0.2) is 9.97 Å². The molecule has 0 saturated heterocycles. The molecule has 4 heterocycles. The minimum atomic E-state index is 0.976. The van der Waals surface area contributed by atoms with Gasteiger partial charge in [0.05, 0.1) is 33.5 Å². The van der Waals surface area contributed by atoms with E-state index in [1.165, 1.54) is 32.3 Å². The zero-order chi connectivity index (χ0) is 32.5. The molecule has 0 spiro atoms. The van der Waals surface area contributed by atoms with Gasteiger partial charge in [-0.05, 0) is 34.0 Å². The molecule has 8 aromatic carbocycles. The van der Waals surface area contributed by atoms with Crippen molar-refractivity contribution in [2.75, 3.05) is 0 Å². The molecule has 0 amide bonds. The highest BCUT2D eigenvalue weighted by atomic mass is 15.0. The maximum Gasteiger partial charge on any atom is 0.146 e. The van der Waals surface area contributed by atoms with Gasteiger partial charge in [0.1, 0.15) is 11.3 Å². The lowest BCUT2D eigenvalue weighted by Crippen LogP contribution is -1.96. The molecule has 0 saturated carbocycles. The Hall–Kier alpha value is -6.78. The summed E-state index contributed by atoms with van der Waals surface area (Å²) in [6, 6.07) is 56.8. The lowest BCUT2D eigenvalue weighted by atomic mass is 9.91. The SMILES string of the molecule is c1ccc(-c2cc3ccccc3c3nc4c5cccc6c7nc8c9ccccc9cc(-c9ccccc9)n8c7c7cccc(c7c56)c4n23)cc1. The van der Waals surface area contributed by atoms with Crippen molar-refractivity contribution >= 4 is 87.2 Å². The van der Waals surface area contributed by atoms with E-state index in [0.717, 1.165) is 77.4 Å². The fraction of sp³-hybridized carbons (Fsp3) is 0. The van der Waals surface area contributed by atoms with Crippen LogP contribution in [0.2, 0.25) is 0 Å². The third kappa shape index (κ3) is 3.25. The molecule has 4 nitrogen and oxygen atoms in total. The minimum absolute atomic E-state index is 0.976. The molecular weight excluding hydrogens is 609 g/mol. The molecule has 0 fully saturated rings. The van der Waals surface area contributed by atoms with Gasteiger partial charge in [-0.15, -0.1) is 0 Å². The van der Waals surface area contributed by atoms with Crippen LogP contribution in [0.5, 0.6) is 0 Å². The van der Waals surface area contributed by atoms with E-state index in [1.54, 1.807) is 0 Å². The molecule has 0 bridgehead atoms. The minimum Gasteiger partial charge on any atom is -0.291 e. The Balaban J connectivity index is 1.37. The van der Waals surface area contributed by atoms with Crippen LogP contribution in [0.4, 0.5) is 0 Å². The molecule has 0 atom stereocenters. The fourth-order valence-corrected chi connectivity index (χ4v) is 8.70. The Kier molecular flexibility index (Phi) is 4.94. The normalized spacial score (nSPS) is 12.4. The summed E-state index contributed by atoms with van der Waals surface area (Å²) in [4.78, 5) is 11.1. The summed E-state index contributed by atoms with van der Waals surface area (Å²) >= 11 is 0. The van der Waals surface area contributed by atoms with Crippen molar-refractivity contribution in [1.82, 2.24) is 18.8 Å². The van der Waals surface area contributed by atoms with E-state index in [0.29, 0.717) is 0 Å². The van der Waals surface area contributed by atoms with E-state index in [2.05, 4.69) is 167 Å². The first kappa shape index (κ1) is 26.2. The number of aromatic nitrogens is 4. The fourth-order valence-electron chi connectivity index (χ4n) is 8.70. The summed E-state index contributed by atoms with van der Waals surface area (Å²) in [6.45, 7) is 0. The van der Waals surface area contributed by atoms with Crippen molar-refractivity contribution in [3.05, 3.63) is 158 Å². The van der Waals surface area contributed by atoms with Crippen molar-refractivity contribution in [2.45, 2.75) is 0 Å². The number of benzene rings is 8. The van der Waals surface area contributed by atoms with Crippen LogP contribution in [0.3, 0.4) is 0 Å². The highest BCUT2D eigenvalue weighted by molar-refractivity contribution is 6.39. The summed E-state index contributed by atoms with van der Waals surface area (Å²) in [7, 11) is 0. The van der Waals surface area contributed by atoms with Gasteiger partial charge in [0, 0.05) is 43.1 Å². The highest BCUT2D eigenvalue weighted by Gasteiger charge is 2.25. The number of pyridine rings is 2. The Labute approximate surface area is 285 Å². The maximum atomic E-state index is 5.53. The molecule has 0 radical (unpaired) electrons. The Morgan fingerprint density at radius 1 is 0.340 bits per heavy atom. The predicted octanol–water partition coefficient (Wildman–Crippen LogP) is 11.8. The number of nitrogens with zero attached hydrogens (tertiary/aromatic N) is 4. The third-order valence-electron chi connectivity index (χ3n) is 10.8. The Morgan fingerprint density at radius 3 is 1.20 bits per heavy atom. The molecule has 4 heteroatoms. The van der Waals surface area contributed by atoms with Gasteiger partial charge >= 0.3 is 0 Å². The van der Waals surface area contributed by atoms with Gasteiger partial charge in [0.15, 0.2) is 0 Å². The predicted molar refractivity (Wildman–Crippen MR) is 209 cm³/mol. The number of imidazole rings is 2. The lowest BCUT2D eigenvalue weighted by molar-refractivity contribution is 1.25. The van der Waals surface area contributed by atoms with E-state index in [9.17, 15) is 0 Å². The quantitative estimate of drug-likeness (QED) is 0.177. The number of hydrogen-bond donors (Lipinski definition) is 0. The van der Waals surface area contributed by atoms with Gasteiger partial charge in [0.2, 0.25) is 0 Å². The van der Waals surface area contributed by atoms with Crippen LogP contribution >= 0.6 is 0 Å². The maximum absolute atomic E-state index is 5.53. The first-order chi connectivity index (χ1) is 24.8. The van der Waals surface area contributed by atoms with Crippen molar-refractivity contribution in [3.8, 4) is 22.5 Å². The molecule has 50 heavy (non-hydrogen) atoms. The average Bonchev–Trinajstić information content (AvgIpc) is 3.79. The molecule has 4 aromatic heterocycles. The lowest BCUT2D eigenvalue weighted by Gasteiger charge is -2.16. The van der Waals surface area contributed by atoms with Gasteiger partial charge < -0.3 is 0 Å². The zero-order valence-electron chi connectivity index (χ0n) is 26.8. The summed E-state index contributed by atoms with van der Waals surface area (Å²) in [5.74, 6) is 0. The largest absolute Gasteiger partial charge is 0.291 e. The van der Waals surface area contributed by atoms with Crippen molar-refractivity contribution < 1.29 is 0 Å². The summed E-state index contributed by atoms with van der Waals surface area (Å²) < 4.78 is 4.82. The third-order valence-corrected chi connectivity index (χ3v) is 10.8. The topological polar surface area (TPSA) is 34.6 Å². The summed E-state index contributed by atoms with van der Waals surface area (Å²) in [6.07, 6.45) is 0. The van der Waals surface area contributed by atoms with Crippen molar-refractivity contribution in [1.29, 1.82) is 0 Å². The van der Waals surface area contributed by atoms with E-state index >= 15 is 0 Å². The zero-order valence-corrected chi connectivity index (χ0v) is 26.8. The highest BCUT2D eigenvalue weighted by Crippen LogP contribution is 2.47. The van der Waals surface area contributed by atoms with E-state index < -0.39 is 0 Å². The second-order valence-electron chi connectivity index (χ2n) is 13.4. The molecule has 0 aliphatic carbocycles. The van der Waals surface area contributed by atoms with Crippen LogP contribution in [-0.2, 0) is 0 Å². The van der Waals surface area contributed by atoms with Crippen molar-refractivity contribution in [3.63, 3.8) is 0 Å². The smallest absolute Gasteiger partial charge is 0.146 e. The monoisotopic (exact) mass is 634 g/mol. The number of hydrogen-bond acceptors (Lipinski definition) is 2. The molecular formula is C46H26N4. The van der Waals surface area contributed by atoms with E-state index in [4.69, 9.17) is 9.97 Å². The van der Waals surface area contributed by atoms with E-state index in [1.807, 2.05) is 0 Å². The van der Waals surface area contributed by atoms with Crippen molar-refractivity contribution in [2.24, 2.45) is 0 Å². The standard InChI is InChI=1S/C46H26N4/c1-3-13-27(14-4-1)37-25-29-17-7-9-19-31(29)45-47-41-33-21-11-22-34-39(33)40-35(43(41)49(37)45)23-12-24-36(40)44-42(34)48-46-32-20-10-8-18-30(32)26-38(50(44)46)28-15-5-2-6-16-28/h1-26H. The van der Waals surface area contributed by atoms with Gasteiger partial charge in [-0.1, -0.05) is 146 Å². The molecule has 12 aromatic rings. The van der Waals surface area contributed by atoms with Crippen LogP contribution in [0.25, 0.3) is 110 Å². The van der Waals surface area contributed by atoms with Crippen LogP contribution < -0.4 is 0 Å². The molecule has 0 aliphatic rings. The number of fused-ring (bicyclic) bond motifs is 14. The first-order valence-corrected chi connectivity index (χ1v) is 17.1. The molecule has 12 rings (SSSR count). The van der Waals surface area contributed by atoms with Gasteiger partial charge in [-0.3, -0.25) is 8.80 Å². The van der Waals surface area contributed by atoms with Crippen LogP contribution in [-0.4, -0.2) is 18.8 Å². The van der Waals surface area contributed by atoms with Gasteiger partial charge in [-0.2, -0.15) is 0 Å². The summed E-state index contributed by atoms with van der Waals surface area (Å²) in [5.41, 5.74) is 10.8. The second kappa shape index (κ2) is 9.43. The molecule has 0 aliphatic heterocycles. The Morgan fingerprint density at radius 2 is 0.720 bits per heavy atom. The number of rotatable bonds is 2. The summed E-state index contributed by atoms with van der Waals surface area (Å²) in [5, 5.41) is 11.8. The first-order valence-electron chi connectivity index (χ1n) is 17.1. The Bertz CT molecular complexity index is 3140. The molecule has 230 valence electrons.